The standard InChI is InChI=1S/C21H24ClN3O3/c1-13(2)10-17(23)21(28)25-19(26)12-24-18-9-8-15(22)11-16(18)20(27)14-6-4-3-5-7-14/h3-9,11,13,17,24H,10,12,23H2,1-2H3,(H,25,26,28)/t17-/m0/s1. The molecule has 1 atom stereocenters. The smallest absolute Gasteiger partial charge is 0.245 e. The summed E-state index contributed by atoms with van der Waals surface area (Å²) in [5.41, 5.74) is 7.07. The molecule has 0 aromatic heterocycles. The van der Waals surface area contributed by atoms with Crippen molar-refractivity contribution in [2.24, 2.45) is 11.7 Å². The maximum atomic E-state index is 12.8. The number of hydrogen-bond donors (Lipinski definition) is 3. The Balaban J connectivity index is 2.05. The molecule has 0 radical (unpaired) electrons. The molecule has 0 unspecified atom stereocenters. The summed E-state index contributed by atoms with van der Waals surface area (Å²) in [7, 11) is 0. The van der Waals surface area contributed by atoms with Crippen LogP contribution in [0.2, 0.25) is 5.02 Å². The molecule has 2 aromatic rings. The van der Waals surface area contributed by atoms with E-state index in [-0.39, 0.29) is 18.2 Å². The third-order valence-corrected chi connectivity index (χ3v) is 4.26. The maximum absolute atomic E-state index is 12.8. The molecule has 0 spiro atoms. The summed E-state index contributed by atoms with van der Waals surface area (Å²) in [6, 6.07) is 12.8. The van der Waals surface area contributed by atoms with Gasteiger partial charge in [-0.25, -0.2) is 0 Å². The van der Waals surface area contributed by atoms with E-state index in [0.717, 1.165) is 0 Å². The quantitative estimate of drug-likeness (QED) is 0.590. The predicted octanol–water partition coefficient (Wildman–Crippen LogP) is 3.00. The first-order chi connectivity index (χ1) is 13.3. The molecule has 6 nitrogen and oxygen atoms in total. The van der Waals surface area contributed by atoms with E-state index in [1.165, 1.54) is 0 Å². The van der Waals surface area contributed by atoms with Crippen molar-refractivity contribution in [1.29, 1.82) is 0 Å². The minimum Gasteiger partial charge on any atom is -0.376 e. The van der Waals surface area contributed by atoms with Crippen LogP contribution in [0.25, 0.3) is 0 Å². The highest BCUT2D eigenvalue weighted by molar-refractivity contribution is 6.31. The van der Waals surface area contributed by atoms with E-state index in [2.05, 4.69) is 10.6 Å². The Bertz CT molecular complexity index is 853. The van der Waals surface area contributed by atoms with Gasteiger partial charge < -0.3 is 11.1 Å². The van der Waals surface area contributed by atoms with Crippen LogP contribution in [0.1, 0.15) is 36.2 Å². The van der Waals surface area contributed by atoms with Gasteiger partial charge >= 0.3 is 0 Å². The Morgan fingerprint density at radius 2 is 1.75 bits per heavy atom. The van der Waals surface area contributed by atoms with Gasteiger partial charge in [0.15, 0.2) is 5.78 Å². The Labute approximate surface area is 169 Å². The summed E-state index contributed by atoms with van der Waals surface area (Å²) in [5, 5.41) is 5.57. The molecule has 2 amide bonds. The van der Waals surface area contributed by atoms with Crippen LogP contribution in [-0.4, -0.2) is 30.2 Å². The van der Waals surface area contributed by atoms with Crippen LogP contribution in [0.4, 0.5) is 5.69 Å². The monoisotopic (exact) mass is 401 g/mol. The van der Waals surface area contributed by atoms with Crippen LogP contribution in [0.3, 0.4) is 0 Å². The Kier molecular flexibility index (Phi) is 7.72. The van der Waals surface area contributed by atoms with Crippen LogP contribution in [0.5, 0.6) is 0 Å². The summed E-state index contributed by atoms with van der Waals surface area (Å²) >= 11 is 6.04. The largest absolute Gasteiger partial charge is 0.376 e. The van der Waals surface area contributed by atoms with Gasteiger partial charge in [-0.3, -0.25) is 19.7 Å². The number of anilines is 1. The van der Waals surface area contributed by atoms with Gasteiger partial charge in [0.2, 0.25) is 11.8 Å². The molecule has 0 saturated heterocycles. The molecule has 148 valence electrons. The van der Waals surface area contributed by atoms with E-state index in [1.807, 2.05) is 19.9 Å². The Morgan fingerprint density at radius 1 is 1.07 bits per heavy atom. The number of benzene rings is 2. The fraction of sp³-hybridized carbons (Fsp3) is 0.286. The topological polar surface area (TPSA) is 101 Å². The van der Waals surface area contributed by atoms with Crippen LogP contribution < -0.4 is 16.4 Å². The second kappa shape index (κ2) is 10.0. The minimum atomic E-state index is -0.741. The summed E-state index contributed by atoms with van der Waals surface area (Å²) < 4.78 is 0. The molecule has 2 aromatic carbocycles. The SMILES string of the molecule is CC(C)C[C@H](N)C(=O)NC(=O)CNc1ccc(Cl)cc1C(=O)c1ccccc1. The summed E-state index contributed by atoms with van der Waals surface area (Å²) in [5.74, 6) is -1.02. The van der Waals surface area contributed by atoms with Crippen molar-refractivity contribution >= 4 is 34.9 Å². The van der Waals surface area contributed by atoms with E-state index >= 15 is 0 Å². The molecule has 7 heteroatoms. The van der Waals surface area contributed by atoms with E-state index in [1.54, 1.807) is 42.5 Å². The van der Waals surface area contributed by atoms with Gasteiger partial charge in [-0.1, -0.05) is 55.8 Å². The van der Waals surface area contributed by atoms with Crippen molar-refractivity contribution in [2.75, 3.05) is 11.9 Å². The average Bonchev–Trinajstić information content (AvgIpc) is 2.66. The van der Waals surface area contributed by atoms with E-state index in [0.29, 0.717) is 28.3 Å². The zero-order chi connectivity index (χ0) is 20.7. The fourth-order valence-corrected chi connectivity index (χ4v) is 2.84. The molecule has 0 saturated carbocycles. The Hall–Kier alpha value is -2.70. The first kappa shape index (κ1) is 21.6. The molecule has 2 rings (SSSR count). The number of rotatable bonds is 8. The number of nitrogens with two attached hydrogens (primary N) is 1. The summed E-state index contributed by atoms with van der Waals surface area (Å²) in [4.78, 5) is 36.8. The van der Waals surface area contributed by atoms with E-state index < -0.39 is 17.9 Å². The van der Waals surface area contributed by atoms with Crippen LogP contribution in [-0.2, 0) is 9.59 Å². The number of halogens is 1. The minimum absolute atomic E-state index is 0.184. The van der Waals surface area contributed by atoms with E-state index in [9.17, 15) is 14.4 Å². The zero-order valence-electron chi connectivity index (χ0n) is 15.9. The van der Waals surface area contributed by atoms with Crippen LogP contribution in [0.15, 0.2) is 48.5 Å². The number of carbonyl (C=O) groups excluding carboxylic acids is 3. The number of ketones is 1. The molecule has 0 aliphatic heterocycles. The van der Waals surface area contributed by atoms with Gasteiger partial charge in [0.25, 0.3) is 0 Å². The van der Waals surface area contributed by atoms with Crippen molar-refractivity contribution < 1.29 is 14.4 Å². The summed E-state index contributed by atoms with van der Waals surface area (Å²) in [6.45, 7) is 3.71. The lowest BCUT2D eigenvalue weighted by Gasteiger charge is -2.15. The molecule has 0 heterocycles. The van der Waals surface area contributed by atoms with Crippen LogP contribution >= 0.6 is 11.6 Å². The van der Waals surface area contributed by atoms with Crippen molar-refractivity contribution in [2.45, 2.75) is 26.3 Å². The number of amides is 2. The van der Waals surface area contributed by atoms with Crippen LogP contribution in [0, 0.1) is 5.92 Å². The molecule has 4 N–H and O–H groups in total. The van der Waals surface area contributed by atoms with Gasteiger partial charge in [0.05, 0.1) is 12.6 Å². The number of hydrogen-bond acceptors (Lipinski definition) is 5. The zero-order valence-corrected chi connectivity index (χ0v) is 16.6. The lowest BCUT2D eigenvalue weighted by Crippen LogP contribution is -2.45. The highest BCUT2D eigenvalue weighted by atomic mass is 35.5. The molecule has 0 aliphatic carbocycles. The number of nitrogens with one attached hydrogen (secondary N) is 2. The predicted molar refractivity (Wildman–Crippen MR) is 110 cm³/mol. The number of imide groups is 1. The normalized spacial score (nSPS) is 11.8. The summed E-state index contributed by atoms with van der Waals surface area (Å²) in [6.07, 6.45) is 0.486. The number of carbonyl (C=O) groups is 3. The molecule has 0 bridgehead atoms. The van der Waals surface area contributed by atoms with Crippen molar-refractivity contribution in [3.8, 4) is 0 Å². The lowest BCUT2D eigenvalue weighted by molar-refractivity contribution is -0.130. The average molecular weight is 402 g/mol. The lowest BCUT2D eigenvalue weighted by atomic mass is 10.0. The van der Waals surface area contributed by atoms with Crippen molar-refractivity contribution in [3.05, 3.63) is 64.7 Å². The van der Waals surface area contributed by atoms with Gasteiger partial charge in [-0.05, 0) is 30.5 Å². The van der Waals surface area contributed by atoms with Crippen molar-refractivity contribution in [1.82, 2.24) is 5.32 Å². The van der Waals surface area contributed by atoms with Crippen molar-refractivity contribution in [3.63, 3.8) is 0 Å². The molecule has 28 heavy (non-hydrogen) atoms. The fourth-order valence-electron chi connectivity index (χ4n) is 2.67. The van der Waals surface area contributed by atoms with E-state index in [4.69, 9.17) is 17.3 Å². The van der Waals surface area contributed by atoms with Gasteiger partial charge in [0, 0.05) is 21.8 Å². The van der Waals surface area contributed by atoms with Gasteiger partial charge in [-0.15, -0.1) is 0 Å². The third kappa shape index (κ3) is 6.18. The highest BCUT2D eigenvalue weighted by Gasteiger charge is 2.18. The molecule has 0 fully saturated rings. The molecular weight excluding hydrogens is 378 g/mol. The first-order valence-electron chi connectivity index (χ1n) is 9.00. The maximum Gasteiger partial charge on any atom is 0.245 e. The molecular formula is C21H24ClN3O3. The van der Waals surface area contributed by atoms with Gasteiger partial charge in [0.1, 0.15) is 0 Å². The Morgan fingerprint density at radius 3 is 2.39 bits per heavy atom. The molecule has 0 aliphatic rings. The third-order valence-electron chi connectivity index (χ3n) is 4.03. The second-order valence-electron chi connectivity index (χ2n) is 6.89. The van der Waals surface area contributed by atoms with Gasteiger partial charge in [-0.2, -0.15) is 0 Å². The first-order valence-corrected chi connectivity index (χ1v) is 9.38. The second-order valence-corrected chi connectivity index (χ2v) is 7.32. The highest BCUT2D eigenvalue weighted by Crippen LogP contribution is 2.23.